The average Bonchev–Trinajstić information content (AvgIpc) is 2.94. The summed E-state index contributed by atoms with van der Waals surface area (Å²) < 4.78 is 8.05. The van der Waals surface area contributed by atoms with Crippen molar-refractivity contribution in [2.75, 3.05) is 6.61 Å². The fourth-order valence-corrected chi connectivity index (χ4v) is 3.06. The smallest absolute Gasteiger partial charge is 0.126 e. The van der Waals surface area contributed by atoms with Crippen molar-refractivity contribution in [3.8, 4) is 5.75 Å². The van der Waals surface area contributed by atoms with E-state index in [9.17, 15) is 0 Å². The molecule has 0 aliphatic rings. The summed E-state index contributed by atoms with van der Waals surface area (Å²) >= 11 is 0. The summed E-state index contributed by atoms with van der Waals surface area (Å²) in [4.78, 5) is 4.77. The second kappa shape index (κ2) is 7.70. The molecular weight excluding hydrogens is 310 g/mol. The van der Waals surface area contributed by atoms with Crippen LogP contribution < -0.4 is 10.5 Å². The van der Waals surface area contributed by atoms with Crippen molar-refractivity contribution in [2.24, 2.45) is 5.73 Å². The molecule has 0 bridgehead atoms. The zero-order valence-electron chi connectivity index (χ0n) is 15.3. The van der Waals surface area contributed by atoms with Crippen LogP contribution in [0.1, 0.15) is 42.8 Å². The Hall–Kier alpha value is -2.33. The number of hydrogen-bond acceptors (Lipinski definition) is 3. The van der Waals surface area contributed by atoms with E-state index in [2.05, 4.69) is 30.5 Å². The molecule has 4 heteroatoms. The molecular formula is C21H27N3O. The molecule has 1 atom stereocenters. The molecule has 1 unspecified atom stereocenters. The SMILES string of the molecule is Cc1cc2nc(C(C)N)n(CCCCOc3ccccc3)c2cc1C. The number of ether oxygens (including phenoxy) is 1. The first kappa shape index (κ1) is 17.5. The molecule has 3 rings (SSSR count). The van der Waals surface area contributed by atoms with Crippen molar-refractivity contribution in [3.63, 3.8) is 0 Å². The minimum absolute atomic E-state index is 0.0754. The summed E-state index contributed by atoms with van der Waals surface area (Å²) in [7, 11) is 0. The minimum atomic E-state index is -0.0754. The molecule has 0 spiro atoms. The van der Waals surface area contributed by atoms with Gasteiger partial charge in [0.05, 0.1) is 23.7 Å². The molecule has 0 aliphatic heterocycles. The molecule has 0 fully saturated rings. The highest BCUT2D eigenvalue weighted by Gasteiger charge is 2.14. The van der Waals surface area contributed by atoms with Gasteiger partial charge in [-0.3, -0.25) is 0 Å². The number of aryl methyl sites for hydroxylation is 3. The number of unbranched alkanes of at least 4 members (excludes halogenated alkanes) is 1. The molecule has 2 aromatic carbocycles. The third-order valence-electron chi connectivity index (χ3n) is 4.59. The van der Waals surface area contributed by atoms with Crippen LogP contribution in [0.4, 0.5) is 0 Å². The lowest BCUT2D eigenvalue weighted by atomic mass is 10.1. The Kier molecular flexibility index (Phi) is 5.39. The number of aromatic nitrogens is 2. The monoisotopic (exact) mass is 337 g/mol. The molecule has 0 radical (unpaired) electrons. The molecule has 132 valence electrons. The zero-order valence-corrected chi connectivity index (χ0v) is 15.3. The summed E-state index contributed by atoms with van der Waals surface area (Å²) in [6.07, 6.45) is 2.03. The van der Waals surface area contributed by atoms with Crippen LogP contribution in [0.2, 0.25) is 0 Å². The quantitative estimate of drug-likeness (QED) is 0.644. The molecule has 2 N–H and O–H groups in total. The van der Waals surface area contributed by atoms with E-state index in [-0.39, 0.29) is 6.04 Å². The number of rotatable bonds is 7. The maximum absolute atomic E-state index is 6.15. The minimum Gasteiger partial charge on any atom is -0.494 e. The van der Waals surface area contributed by atoms with Crippen molar-refractivity contribution >= 4 is 11.0 Å². The van der Waals surface area contributed by atoms with E-state index in [4.69, 9.17) is 15.5 Å². The van der Waals surface area contributed by atoms with Crippen LogP contribution in [0.15, 0.2) is 42.5 Å². The number of fused-ring (bicyclic) bond motifs is 1. The maximum Gasteiger partial charge on any atom is 0.126 e. The lowest BCUT2D eigenvalue weighted by molar-refractivity contribution is 0.303. The predicted octanol–water partition coefficient (Wildman–Crippen LogP) is 4.53. The third kappa shape index (κ3) is 4.02. The fourth-order valence-electron chi connectivity index (χ4n) is 3.06. The van der Waals surface area contributed by atoms with Gasteiger partial charge in [-0.15, -0.1) is 0 Å². The van der Waals surface area contributed by atoms with Gasteiger partial charge < -0.3 is 15.0 Å². The molecule has 0 amide bonds. The van der Waals surface area contributed by atoms with Gasteiger partial charge in [-0.2, -0.15) is 0 Å². The first-order valence-corrected chi connectivity index (χ1v) is 8.97. The van der Waals surface area contributed by atoms with Gasteiger partial charge in [0.15, 0.2) is 0 Å². The lowest BCUT2D eigenvalue weighted by Crippen LogP contribution is -2.14. The summed E-state index contributed by atoms with van der Waals surface area (Å²) in [5.74, 6) is 1.89. The van der Waals surface area contributed by atoms with E-state index in [0.717, 1.165) is 43.1 Å². The van der Waals surface area contributed by atoms with Gasteiger partial charge in [-0.25, -0.2) is 4.98 Å². The number of imidazole rings is 1. The molecule has 0 saturated heterocycles. The number of hydrogen-bond donors (Lipinski definition) is 1. The third-order valence-corrected chi connectivity index (χ3v) is 4.59. The number of para-hydroxylation sites is 1. The molecule has 0 saturated carbocycles. The Bertz CT molecular complexity index is 837. The zero-order chi connectivity index (χ0) is 17.8. The number of nitrogens with zero attached hydrogens (tertiary/aromatic N) is 2. The predicted molar refractivity (Wildman–Crippen MR) is 103 cm³/mol. The van der Waals surface area contributed by atoms with E-state index < -0.39 is 0 Å². The second-order valence-corrected chi connectivity index (χ2v) is 6.70. The van der Waals surface area contributed by atoms with E-state index in [1.54, 1.807) is 0 Å². The topological polar surface area (TPSA) is 53.1 Å². The molecule has 4 nitrogen and oxygen atoms in total. The molecule has 25 heavy (non-hydrogen) atoms. The van der Waals surface area contributed by atoms with Crippen LogP contribution in [0.5, 0.6) is 5.75 Å². The van der Waals surface area contributed by atoms with Crippen LogP contribution in [0, 0.1) is 13.8 Å². The first-order valence-electron chi connectivity index (χ1n) is 8.97. The summed E-state index contributed by atoms with van der Waals surface area (Å²) in [6, 6.07) is 14.3. The number of nitrogens with two attached hydrogens (primary N) is 1. The summed E-state index contributed by atoms with van der Waals surface area (Å²) in [5.41, 5.74) is 10.9. The van der Waals surface area contributed by atoms with Crippen molar-refractivity contribution < 1.29 is 4.74 Å². The van der Waals surface area contributed by atoms with Crippen LogP contribution >= 0.6 is 0 Å². The Morgan fingerprint density at radius 1 is 1.08 bits per heavy atom. The summed E-state index contributed by atoms with van der Waals surface area (Å²) in [6.45, 7) is 7.90. The van der Waals surface area contributed by atoms with Crippen LogP contribution in [0.3, 0.4) is 0 Å². The van der Waals surface area contributed by atoms with Gasteiger partial charge in [0.1, 0.15) is 11.6 Å². The standard InChI is InChI=1S/C21H27N3O/c1-15-13-19-20(14-16(15)2)24(21(23-19)17(3)22)11-7-8-12-25-18-9-5-4-6-10-18/h4-6,9-10,13-14,17H,7-8,11-12,22H2,1-3H3. The van der Waals surface area contributed by atoms with Crippen molar-refractivity contribution in [2.45, 2.75) is 46.2 Å². The van der Waals surface area contributed by atoms with Crippen LogP contribution in [-0.4, -0.2) is 16.2 Å². The van der Waals surface area contributed by atoms with Crippen LogP contribution in [0.25, 0.3) is 11.0 Å². The molecule has 1 heterocycles. The fraction of sp³-hybridized carbons (Fsp3) is 0.381. The average molecular weight is 337 g/mol. The maximum atomic E-state index is 6.15. The molecule has 0 aliphatic carbocycles. The van der Waals surface area contributed by atoms with Gasteiger partial charge in [0, 0.05) is 6.54 Å². The van der Waals surface area contributed by atoms with Crippen LogP contribution in [-0.2, 0) is 6.54 Å². The van der Waals surface area contributed by atoms with Gasteiger partial charge in [-0.1, -0.05) is 18.2 Å². The van der Waals surface area contributed by atoms with E-state index in [1.165, 1.54) is 16.6 Å². The second-order valence-electron chi connectivity index (χ2n) is 6.70. The summed E-state index contributed by atoms with van der Waals surface area (Å²) in [5, 5.41) is 0. The Morgan fingerprint density at radius 2 is 1.80 bits per heavy atom. The Labute approximate surface area is 149 Å². The van der Waals surface area contributed by atoms with Crippen molar-refractivity contribution in [1.82, 2.24) is 9.55 Å². The van der Waals surface area contributed by atoms with Gasteiger partial charge in [0.2, 0.25) is 0 Å². The van der Waals surface area contributed by atoms with Gasteiger partial charge in [-0.05, 0) is 69.0 Å². The van der Waals surface area contributed by atoms with E-state index in [0.29, 0.717) is 0 Å². The Balaban J connectivity index is 1.67. The highest BCUT2D eigenvalue weighted by Crippen LogP contribution is 2.24. The van der Waals surface area contributed by atoms with Gasteiger partial charge in [0.25, 0.3) is 0 Å². The first-order chi connectivity index (χ1) is 12.1. The van der Waals surface area contributed by atoms with Crippen molar-refractivity contribution in [3.05, 3.63) is 59.4 Å². The van der Waals surface area contributed by atoms with Crippen molar-refractivity contribution in [1.29, 1.82) is 0 Å². The number of benzene rings is 2. The Morgan fingerprint density at radius 3 is 2.52 bits per heavy atom. The molecule has 3 aromatic rings. The van der Waals surface area contributed by atoms with E-state index in [1.807, 2.05) is 37.3 Å². The highest BCUT2D eigenvalue weighted by molar-refractivity contribution is 5.78. The highest BCUT2D eigenvalue weighted by atomic mass is 16.5. The molecule has 1 aromatic heterocycles. The van der Waals surface area contributed by atoms with Gasteiger partial charge >= 0.3 is 0 Å². The normalized spacial score (nSPS) is 12.5. The lowest BCUT2D eigenvalue weighted by Gasteiger charge is -2.12. The largest absolute Gasteiger partial charge is 0.494 e. The van der Waals surface area contributed by atoms with E-state index >= 15 is 0 Å².